The number of halogens is 4. The normalized spacial score (nSPS) is 14.8. The van der Waals surface area contributed by atoms with Crippen LogP contribution in [-0.2, 0) is 10.9 Å². The molecule has 0 saturated carbocycles. The largest absolute Gasteiger partial charge is 0.449 e. The number of nitrogens with zero attached hydrogens (tertiary/aromatic N) is 5. The van der Waals surface area contributed by atoms with E-state index in [0.29, 0.717) is 4.68 Å². The molecule has 2 aromatic rings. The molecule has 168 valence electrons. The van der Waals surface area contributed by atoms with Gasteiger partial charge in [0.2, 0.25) is 0 Å². The number of ether oxygens (including phenoxy) is 1. The third-order valence-corrected chi connectivity index (χ3v) is 4.58. The maximum Gasteiger partial charge on any atom is 0.435 e. The zero-order valence-corrected chi connectivity index (χ0v) is 16.9. The van der Waals surface area contributed by atoms with Crippen LogP contribution in [0.2, 0.25) is 0 Å². The third-order valence-electron chi connectivity index (χ3n) is 4.58. The molecule has 2 heterocycles. The lowest BCUT2D eigenvalue weighted by Crippen LogP contribution is -2.51. The van der Waals surface area contributed by atoms with Crippen molar-refractivity contribution in [1.82, 2.24) is 24.8 Å². The number of hydrogen-bond donors (Lipinski definition) is 0. The second kappa shape index (κ2) is 8.90. The summed E-state index contributed by atoms with van der Waals surface area (Å²) in [6.07, 6.45) is -5.45. The minimum Gasteiger partial charge on any atom is -0.449 e. The number of carbonyl (C=O) groups is 2. The van der Waals surface area contributed by atoms with Crippen LogP contribution in [0.1, 0.15) is 30.0 Å². The quantitative estimate of drug-likeness (QED) is 0.679. The van der Waals surface area contributed by atoms with E-state index in [2.05, 4.69) is 10.3 Å². The maximum absolute atomic E-state index is 13.7. The number of hydrogen-bond acceptors (Lipinski definition) is 5. The van der Waals surface area contributed by atoms with Gasteiger partial charge >= 0.3 is 12.3 Å². The zero-order valence-electron chi connectivity index (χ0n) is 16.9. The van der Waals surface area contributed by atoms with Crippen molar-refractivity contribution < 1.29 is 31.9 Å². The molecule has 1 fully saturated rings. The first-order valence-electron chi connectivity index (χ1n) is 9.57. The van der Waals surface area contributed by atoms with Crippen LogP contribution in [0, 0.1) is 11.7 Å². The van der Waals surface area contributed by atoms with Gasteiger partial charge in [-0.1, -0.05) is 19.1 Å². The standard InChI is InChI=1S/C19H21F4N5O3/c1-12(2)11-31-18(30)27-9-7-26(8-10-27)17(29)15-16(19(21,22)23)28(25-24-15)14-5-3-13(20)4-6-14/h3-6,12H,7-11H2,1-2H3. The molecule has 31 heavy (non-hydrogen) atoms. The van der Waals surface area contributed by atoms with Crippen LogP contribution in [0.25, 0.3) is 5.69 Å². The number of aromatic nitrogens is 3. The van der Waals surface area contributed by atoms with Gasteiger partial charge in [-0.15, -0.1) is 5.10 Å². The van der Waals surface area contributed by atoms with Crippen LogP contribution in [0.5, 0.6) is 0 Å². The minimum absolute atomic E-state index is 0.0241. The summed E-state index contributed by atoms with van der Waals surface area (Å²) in [4.78, 5) is 27.4. The number of carbonyl (C=O) groups excluding carboxylic acids is 2. The summed E-state index contributed by atoms with van der Waals surface area (Å²) >= 11 is 0. The molecular weight excluding hydrogens is 422 g/mol. The molecule has 1 aromatic carbocycles. The Morgan fingerprint density at radius 2 is 1.65 bits per heavy atom. The van der Waals surface area contributed by atoms with Crippen LogP contribution in [0.4, 0.5) is 22.4 Å². The highest BCUT2D eigenvalue weighted by Gasteiger charge is 2.43. The van der Waals surface area contributed by atoms with Crippen LogP contribution < -0.4 is 0 Å². The van der Waals surface area contributed by atoms with Crippen molar-refractivity contribution in [1.29, 1.82) is 0 Å². The van der Waals surface area contributed by atoms with Gasteiger partial charge in [-0.05, 0) is 30.2 Å². The fourth-order valence-corrected chi connectivity index (χ4v) is 3.01. The number of amides is 2. The summed E-state index contributed by atoms with van der Waals surface area (Å²) in [5.74, 6) is -1.41. The Morgan fingerprint density at radius 1 is 1.06 bits per heavy atom. The smallest absolute Gasteiger partial charge is 0.435 e. The molecule has 12 heteroatoms. The van der Waals surface area contributed by atoms with E-state index in [-0.39, 0.29) is 44.4 Å². The average molecular weight is 443 g/mol. The highest BCUT2D eigenvalue weighted by Crippen LogP contribution is 2.33. The molecule has 1 aliphatic heterocycles. The predicted molar refractivity (Wildman–Crippen MR) is 100.0 cm³/mol. The van der Waals surface area contributed by atoms with E-state index < -0.39 is 35.4 Å². The van der Waals surface area contributed by atoms with Crippen molar-refractivity contribution in [3.63, 3.8) is 0 Å². The van der Waals surface area contributed by atoms with Crippen molar-refractivity contribution in [2.24, 2.45) is 5.92 Å². The van der Waals surface area contributed by atoms with Gasteiger partial charge in [0.25, 0.3) is 5.91 Å². The van der Waals surface area contributed by atoms with E-state index >= 15 is 0 Å². The summed E-state index contributed by atoms with van der Waals surface area (Å²) in [6.45, 7) is 4.32. The van der Waals surface area contributed by atoms with Gasteiger partial charge in [0.05, 0.1) is 12.3 Å². The molecule has 2 amide bonds. The van der Waals surface area contributed by atoms with Gasteiger partial charge in [-0.2, -0.15) is 13.2 Å². The van der Waals surface area contributed by atoms with Crippen molar-refractivity contribution in [2.45, 2.75) is 20.0 Å². The molecule has 1 saturated heterocycles. The molecule has 0 aliphatic carbocycles. The maximum atomic E-state index is 13.7. The number of rotatable bonds is 4. The van der Waals surface area contributed by atoms with Gasteiger partial charge in [0, 0.05) is 26.2 Å². The van der Waals surface area contributed by atoms with Crippen molar-refractivity contribution in [3.8, 4) is 5.69 Å². The fraction of sp³-hybridized carbons (Fsp3) is 0.474. The molecule has 0 spiro atoms. The Labute approximate surface area is 175 Å². The van der Waals surface area contributed by atoms with Crippen molar-refractivity contribution in [2.75, 3.05) is 32.8 Å². The SMILES string of the molecule is CC(C)COC(=O)N1CCN(C(=O)c2nnn(-c3ccc(F)cc3)c2C(F)(F)F)CC1. The molecule has 0 atom stereocenters. The van der Waals surface area contributed by atoms with E-state index in [1.807, 2.05) is 13.8 Å². The summed E-state index contributed by atoms with van der Waals surface area (Å²) in [5.41, 5.74) is -2.28. The Kier molecular flexibility index (Phi) is 6.46. The van der Waals surface area contributed by atoms with Gasteiger partial charge < -0.3 is 14.5 Å². The second-order valence-electron chi connectivity index (χ2n) is 7.42. The minimum atomic E-state index is -4.93. The van der Waals surface area contributed by atoms with Crippen molar-refractivity contribution >= 4 is 12.0 Å². The molecule has 8 nitrogen and oxygen atoms in total. The molecule has 3 rings (SSSR count). The van der Waals surface area contributed by atoms with Gasteiger partial charge in [0.1, 0.15) is 5.82 Å². The first kappa shape index (κ1) is 22.5. The van der Waals surface area contributed by atoms with Gasteiger partial charge in [-0.3, -0.25) is 4.79 Å². The zero-order chi connectivity index (χ0) is 22.8. The van der Waals surface area contributed by atoms with Crippen LogP contribution in [-0.4, -0.2) is 69.6 Å². The molecular formula is C19H21F4N5O3. The van der Waals surface area contributed by atoms with E-state index in [1.54, 1.807) is 0 Å². The molecule has 0 unspecified atom stereocenters. The van der Waals surface area contributed by atoms with Crippen LogP contribution >= 0.6 is 0 Å². The Hall–Kier alpha value is -3.18. The van der Waals surface area contributed by atoms with E-state index in [1.165, 1.54) is 9.80 Å². The predicted octanol–water partition coefficient (Wildman–Crippen LogP) is 2.98. The highest BCUT2D eigenvalue weighted by molar-refractivity contribution is 5.93. The third kappa shape index (κ3) is 5.12. The lowest BCUT2D eigenvalue weighted by molar-refractivity contribution is -0.143. The van der Waals surface area contributed by atoms with Crippen LogP contribution in [0.3, 0.4) is 0 Å². The lowest BCUT2D eigenvalue weighted by Gasteiger charge is -2.34. The molecule has 0 radical (unpaired) electrons. The fourth-order valence-electron chi connectivity index (χ4n) is 3.01. The first-order valence-corrected chi connectivity index (χ1v) is 9.57. The molecule has 0 N–H and O–H groups in total. The summed E-state index contributed by atoms with van der Waals surface area (Å²) in [7, 11) is 0. The van der Waals surface area contributed by atoms with E-state index in [4.69, 9.17) is 4.74 Å². The van der Waals surface area contributed by atoms with Gasteiger partial charge in [-0.25, -0.2) is 13.9 Å². The summed E-state index contributed by atoms with van der Waals surface area (Å²) < 4.78 is 59.9. The molecule has 1 aliphatic rings. The monoisotopic (exact) mass is 443 g/mol. The highest BCUT2D eigenvalue weighted by atomic mass is 19.4. The number of piperazine rings is 1. The Morgan fingerprint density at radius 3 is 2.19 bits per heavy atom. The van der Waals surface area contributed by atoms with Gasteiger partial charge in [0.15, 0.2) is 11.4 Å². The summed E-state index contributed by atoms with van der Waals surface area (Å²) in [6, 6.07) is 4.18. The van der Waals surface area contributed by atoms with Crippen molar-refractivity contribution in [3.05, 3.63) is 41.5 Å². The average Bonchev–Trinajstić information content (AvgIpc) is 3.18. The second-order valence-corrected chi connectivity index (χ2v) is 7.42. The number of benzene rings is 1. The lowest BCUT2D eigenvalue weighted by atomic mass is 10.2. The first-order chi connectivity index (χ1) is 14.6. The molecule has 1 aromatic heterocycles. The molecule has 0 bridgehead atoms. The van der Waals surface area contributed by atoms with Crippen LogP contribution in [0.15, 0.2) is 24.3 Å². The van der Waals surface area contributed by atoms with E-state index in [9.17, 15) is 27.2 Å². The Bertz CT molecular complexity index is 935. The van der Waals surface area contributed by atoms with E-state index in [0.717, 1.165) is 24.3 Å². The topological polar surface area (TPSA) is 80.6 Å². The number of alkyl halides is 3. The Balaban J connectivity index is 1.77. The summed E-state index contributed by atoms with van der Waals surface area (Å²) in [5, 5.41) is 6.94.